The Morgan fingerprint density at radius 3 is 2.46 bits per heavy atom. The Labute approximate surface area is 74.4 Å². The van der Waals surface area contributed by atoms with E-state index in [-0.39, 0.29) is 12.0 Å². The molecule has 0 saturated carbocycles. The Bertz CT molecular complexity index is 304. The monoisotopic (exact) mass is 188 g/mol. The first-order valence-corrected chi connectivity index (χ1v) is 3.68. The van der Waals surface area contributed by atoms with Gasteiger partial charge in [-0.1, -0.05) is 12.1 Å². The highest BCUT2D eigenvalue weighted by atomic mass is 19.4. The third-order valence-electron chi connectivity index (χ3n) is 1.74. The molecule has 13 heavy (non-hydrogen) atoms. The third-order valence-corrected chi connectivity index (χ3v) is 1.74. The van der Waals surface area contributed by atoms with Crippen molar-refractivity contribution in [1.82, 2.24) is 0 Å². The highest BCUT2D eigenvalue weighted by Crippen LogP contribution is 2.27. The molecule has 0 fully saturated rings. The van der Waals surface area contributed by atoms with Gasteiger partial charge in [0.1, 0.15) is 0 Å². The number of anilines is 1. The fourth-order valence-corrected chi connectivity index (χ4v) is 1.00. The molecule has 0 atom stereocenters. The van der Waals surface area contributed by atoms with Gasteiger partial charge in [-0.25, -0.2) is 0 Å². The van der Waals surface area contributed by atoms with Crippen molar-refractivity contribution >= 4 is 5.69 Å². The number of hydrogen-bond acceptors (Lipinski definition) is 1. The van der Waals surface area contributed by atoms with Crippen molar-refractivity contribution in [3.8, 4) is 0 Å². The van der Waals surface area contributed by atoms with Gasteiger partial charge in [0, 0.05) is 5.69 Å². The zero-order chi connectivity index (χ0) is 10.1. The standard InChI is InChI=1S/C9H9F3N/c1-6-7(5-9(10,11)12)3-2-4-8(6)13/h2-5H,13H2,1H3. The van der Waals surface area contributed by atoms with E-state index >= 15 is 0 Å². The molecular formula is C9H9F3N. The molecule has 0 unspecified atom stereocenters. The second kappa shape index (κ2) is 3.28. The van der Waals surface area contributed by atoms with Crippen LogP contribution in [0.1, 0.15) is 11.1 Å². The molecule has 1 rings (SSSR count). The maximum absolute atomic E-state index is 12.0. The lowest BCUT2D eigenvalue weighted by Crippen LogP contribution is -2.10. The van der Waals surface area contributed by atoms with Crippen LogP contribution in [-0.4, -0.2) is 6.18 Å². The predicted octanol–water partition coefficient (Wildman–Crippen LogP) is 2.69. The summed E-state index contributed by atoms with van der Waals surface area (Å²) < 4.78 is 35.9. The fraction of sp³-hybridized carbons (Fsp3) is 0.222. The van der Waals surface area contributed by atoms with E-state index < -0.39 is 6.18 Å². The van der Waals surface area contributed by atoms with E-state index in [1.165, 1.54) is 12.1 Å². The lowest BCUT2D eigenvalue weighted by Gasteiger charge is -2.09. The summed E-state index contributed by atoms with van der Waals surface area (Å²) in [5.41, 5.74) is 6.40. The summed E-state index contributed by atoms with van der Waals surface area (Å²) >= 11 is 0. The van der Waals surface area contributed by atoms with Gasteiger partial charge in [0.25, 0.3) is 0 Å². The topological polar surface area (TPSA) is 26.0 Å². The molecule has 0 aromatic heterocycles. The molecule has 0 amide bonds. The van der Waals surface area contributed by atoms with Gasteiger partial charge in [-0.15, -0.1) is 0 Å². The summed E-state index contributed by atoms with van der Waals surface area (Å²) in [6.45, 7) is 1.56. The number of alkyl halides is 3. The van der Waals surface area contributed by atoms with Gasteiger partial charge in [-0.05, 0) is 24.1 Å². The second-order valence-corrected chi connectivity index (χ2v) is 2.75. The number of nitrogen functional groups attached to an aromatic ring is 1. The summed E-state index contributed by atoms with van der Waals surface area (Å²) in [6.07, 6.45) is -4.04. The van der Waals surface area contributed by atoms with E-state index in [1.54, 1.807) is 13.0 Å². The molecule has 0 saturated heterocycles. The predicted molar refractivity (Wildman–Crippen MR) is 45.0 cm³/mol. The van der Waals surface area contributed by atoms with Gasteiger partial charge in [0.2, 0.25) is 0 Å². The minimum atomic E-state index is -4.29. The van der Waals surface area contributed by atoms with Crippen molar-refractivity contribution < 1.29 is 13.2 Å². The summed E-state index contributed by atoms with van der Waals surface area (Å²) in [6, 6.07) is 4.46. The third kappa shape index (κ3) is 2.65. The Balaban J connectivity index is 2.96. The van der Waals surface area contributed by atoms with Crippen molar-refractivity contribution in [3.63, 3.8) is 0 Å². The average molecular weight is 188 g/mol. The maximum Gasteiger partial charge on any atom is 0.396 e. The molecule has 0 aliphatic rings. The number of hydrogen-bond donors (Lipinski definition) is 1. The molecule has 0 heterocycles. The molecule has 4 heteroatoms. The Morgan fingerprint density at radius 1 is 1.31 bits per heavy atom. The van der Waals surface area contributed by atoms with Crippen LogP contribution < -0.4 is 5.73 Å². The largest absolute Gasteiger partial charge is 0.399 e. The second-order valence-electron chi connectivity index (χ2n) is 2.75. The number of rotatable bonds is 1. The SMILES string of the molecule is Cc1c(N)cccc1[CH]C(F)(F)F. The average Bonchev–Trinajstić information content (AvgIpc) is 1.96. The Hall–Kier alpha value is -1.19. The van der Waals surface area contributed by atoms with E-state index in [0.29, 0.717) is 11.3 Å². The zero-order valence-electron chi connectivity index (χ0n) is 7.02. The number of nitrogens with two attached hydrogens (primary N) is 1. The maximum atomic E-state index is 12.0. The first kappa shape index (κ1) is 9.89. The molecule has 1 aromatic carbocycles. The van der Waals surface area contributed by atoms with Crippen LogP contribution in [0.5, 0.6) is 0 Å². The lowest BCUT2D eigenvalue weighted by atomic mass is 10.0. The van der Waals surface area contributed by atoms with Gasteiger partial charge >= 0.3 is 6.18 Å². The first-order chi connectivity index (χ1) is 5.90. The normalized spacial score (nSPS) is 11.7. The van der Waals surface area contributed by atoms with E-state index in [2.05, 4.69) is 0 Å². The van der Waals surface area contributed by atoms with Crippen LogP contribution in [0.4, 0.5) is 18.9 Å². The summed E-state index contributed by atoms with van der Waals surface area (Å²) in [4.78, 5) is 0. The molecular weight excluding hydrogens is 179 g/mol. The fourth-order valence-electron chi connectivity index (χ4n) is 1.00. The molecule has 1 radical (unpaired) electrons. The molecule has 2 N–H and O–H groups in total. The van der Waals surface area contributed by atoms with Gasteiger partial charge in [0.15, 0.2) is 0 Å². The van der Waals surface area contributed by atoms with Gasteiger partial charge in [-0.3, -0.25) is 0 Å². The van der Waals surface area contributed by atoms with Crippen LogP contribution in [0.2, 0.25) is 0 Å². The minimum absolute atomic E-state index is 0.118. The number of halogens is 3. The number of benzene rings is 1. The minimum Gasteiger partial charge on any atom is -0.399 e. The van der Waals surface area contributed by atoms with Crippen molar-refractivity contribution in [2.75, 3.05) is 5.73 Å². The molecule has 0 bridgehead atoms. The smallest absolute Gasteiger partial charge is 0.396 e. The van der Waals surface area contributed by atoms with Gasteiger partial charge in [0.05, 0.1) is 6.42 Å². The van der Waals surface area contributed by atoms with Crippen molar-refractivity contribution in [3.05, 3.63) is 35.7 Å². The summed E-state index contributed by atoms with van der Waals surface area (Å²) in [5, 5.41) is 0. The molecule has 1 nitrogen and oxygen atoms in total. The van der Waals surface area contributed by atoms with Crippen LogP contribution in [-0.2, 0) is 0 Å². The van der Waals surface area contributed by atoms with Crippen molar-refractivity contribution in [1.29, 1.82) is 0 Å². The summed E-state index contributed by atoms with van der Waals surface area (Å²) in [5.74, 6) is 0. The molecule has 0 aliphatic heterocycles. The zero-order valence-corrected chi connectivity index (χ0v) is 7.02. The van der Waals surface area contributed by atoms with Crippen LogP contribution in [0.3, 0.4) is 0 Å². The van der Waals surface area contributed by atoms with E-state index in [0.717, 1.165) is 0 Å². The summed E-state index contributed by atoms with van der Waals surface area (Å²) in [7, 11) is 0. The highest BCUT2D eigenvalue weighted by molar-refractivity contribution is 5.52. The molecule has 0 spiro atoms. The first-order valence-electron chi connectivity index (χ1n) is 3.68. The lowest BCUT2D eigenvalue weighted by molar-refractivity contribution is -0.0928. The highest BCUT2D eigenvalue weighted by Gasteiger charge is 2.29. The van der Waals surface area contributed by atoms with Crippen molar-refractivity contribution in [2.24, 2.45) is 0 Å². The Kier molecular flexibility index (Phi) is 2.50. The van der Waals surface area contributed by atoms with Crippen LogP contribution in [0.15, 0.2) is 18.2 Å². The van der Waals surface area contributed by atoms with E-state index in [4.69, 9.17) is 5.73 Å². The van der Waals surface area contributed by atoms with Gasteiger partial charge < -0.3 is 5.73 Å². The molecule has 71 valence electrons. The van der Waals surface area contributed by atoms with Crippen LogP contribution >= 0.6 is 0 Å². The molecule has 0 aliphatic carbocycles. The van der Waals surface area contributed by atoms with Crippen LogP contribution in [0, 0.1) is 13.3 Å². The Morgan fingerprint density at radius 2 is 1.92 bits per heavy atom. The van der Waals surface area contributed by atoms with E-state index in [1.807, 2.05) is 0 Å². The quantitative estimate of drug-likeness (QED) is 0.673. The van der Waals surface area contributed by atoms with Crippen LogP contribution in [0.25, 0.3) is 0 Å². The van der Waals surface area contributed by atoms with E-state index in [9.17, 15) is 13.2 Å². The van der Waals surface area contributed by atoms with Crippen molar-refractivity contribution in [2.45, 2.75) is 13.1 Å². The van der Waals surface area contributed by atoms with Gasteiger partial charge in [-0.2, -0.15) is 13.2 Å². The molecule has 1 aromatic rings.